The number of hydrogen-bond acceptors (Lipinski definition) is 4. The van der Waals surface area contributed by atoms with Crippen LogP contribution >= 0.6 is 28.1 Å². The molecule has 0 saturated carbocycles. The predicted molar refractivity (Wildman–Crippen MR) is 86.8 cm³/mol. The first-order valence-electron chi connectivity index (χ1n) is 6.02. The second kappa shape index (κ2) is 5.95. The van der Waals surface area contributed by atoms with Crippen LogP contribution in [0.1, 0.15) is 5.56 Å². The van der Waals surface area contributed by atoms with Crippen LogP contribution in [0.2, 0.25) is 0 Å². The van der Waals surface area contributed by atoms with Gasteiger partial charge in [-0.3, -0.25) is 19.4 Å². The molecule has 1 aromatic carbocycles. The van der Waals surface area contributed by atoms with Crippen molar-refractivity contribution in [3.05, 3.63) is 33.8 Å². The summed E-state index contributed by atoms with van der Waals surface area (Å²) in [4.78, 5) is 27.0. The largest absolute Gasteiger partial charge is 0.496 e. The van der Waals surface area contributed by atoms with Gasteiger partial charge in [-0.25, -0.2) is 0 Å². The van der Waals surface area contributed by atoms with Crippen molar-refractivity contribution >= 4 is 51.2 Å². The van der Waals surface area contributed by atoms with E-state index in [2.05, 4.69) is 15.9 Å². The van der Waals surface area contributed by atoms with Crippen molar-refractivity contribution in [3.63, 3.8) is 0 Å². The fourth-order valence-corrected chi connectivity index (χ4v) is 2.49. The summed E-state index contributed by atoms with van der Waals surface area (Å²) in [6, 6.07) is 5.35. The van der Waals surface area contributed by atoms with E-state index in [0.29, 0.717) is 11.3 Å². The van der Waals surface area contributed by atoms with Gasteiger partial charge in [0.25, 0.3) is 11.8 Å². The molecule has 5 nitrogen and oxygen atoms in total. The number of thiocarbonyl (C=S) groups is 1. The van der Waals surface area contributed by atoms with Gasteiger partial charge >= 0.3 is 0 Å². The highest BCUT2D eigenvalue weighted by Gasteiger charge is 2.35. The van der Waals surface area contributed by atoms with Crippen LogP contribution in [0.4, 0.5) is 0 Å². The Morgan fingerprint density at radius 1 is 1.19 bits per heavy atom. The van der Waals surface area contributed by atoms with Crippen LogP contribution in [0.15, 0.2) is 28.2 Å². The Labute approximate surface area is 136 Å². The molecule has 0 N–H and O–H groups in total. The number of nitrogens with zero attached hydrogens (tertiary/aromatic N) is 2. The molecule has 1 saturated heterocycles. The molecule has 0 aliphatic carbocycles. The quantitative estimate of drug-likeness (QED) is 0.455. The van der Waals surface area contributed by atoms with E-state index < -0.39 is 11.8 Å². The minimum absolute atomic E-state index is 0.0463. The van der Waals surface area contributed by atoms with E-state index in [-0.39, 0.29) is 10.7 Å². The minimum atomic E-state index is -0.426. The number of halogens is 1. The van der Waals surface area contributed by atoms with Gasteiger partial charge in [0.15, 0.2) is 5.11 Å². The number of methoxy groups -OCH3 is 1. The Morgan fingerprint density at radius 2 is 1.76 bits per heavy atom. The number of ether oxygens (including phenoxy) is 1. The number of benzene rings is 1. The highest BCUT2D eigenvalue weighted by Crippen LogP contribution is 2.27. The predicted octanol–water partition coefficient (Wildman–Crippen LogP) is 2.06. The SMILES string of the molecule is COc1ccc(Br)cc1C=C1C(=O)N(C)C(=S)N(C)C1=O. The van der Waals surface area contributed by atoms with E-state index in [1.165, 1.54) is 23.0 Å². The minimum Gasteiger partial charge on any atom is -0.496 e. The lowest BCUT2D eigenvalue weighted by atomic mass is 10.1. The van der Waals surface area contributed by atoms with E-state index in [1.54, 1.807) is 26.2 Å². The number of carbonyl (C=O) groups is 2. The lowest BCUT2D eigenvalue weighted by molar-refractivity contribution is -0.132. The topological polar surface area (TPSA) is 49.9 Å². The maximum Gasteiger partial charge on any atom is 0.265 e. The zero-order chi connectivity index (χ0) is 15.7. The molecule has 1 aromatic rings. The lowest BCUT2D eigenvalue weighted by Gasteiger charge is -2.31. The van der Waals surface area contributed by atoms with Crippen LogP contribution in [0.3, 0.4) is 0 Å². The van der Waals surface area contributed by atoms with Crippen LogP contribution < -0.4 is 4.74 Å². The lowest BCUT2D eigenvalue weighted by Crippen LogP contribution is -2.52. The van der Waals surface area contributed by atoms with E-state index in [1.807, 2.05) is 6.07 Å². The summed E-state index contributed by atoms with van der Waals surface area (Å²) in [6.07, 6.45) is 1.52. The van der Waals surface area contributed by atoms with Gasteiger partial charge in [-0.2, -0.15) is 0 Å². The molecule has 1 heterocycles. The van der Waals surface area contributed by atoms with Crippen molar-refractivity contribution in [2.24, 2.45) is 0 Å². The van der Waals surface area contributed by atoms with Crippen molar-refractivity contribution in [3.8, 4) is 5.75 Å². The summed E-state index contributed by atoms with van der Waals surface area (Å²) in [5, 5.41) is 0.184. The second-order valence-corrected chi connectivity index (χ2v) is 5.74. The summed E-state index contributed by atoms with van der Waals surface area (Å²) in [7, 11) is 4.61. The molecule has 1 aliphatic heterocycles. The third-order valence-corrected chi connectivity index (χ3v) is 4.18. The number of hydrogen-bond donors (Lipinski definition) is 0. The maximum atomic E-state index is 12.3. The van der Waals surface area contributed by atoms with Gasteiger partial charge in [0, 0.05) is 24.1 Å². The van der Waals surface area contributed by atoms with Gasteiger partial charge < -0.3 is 4.74 Å². The number of carbonyl (C=O) groups excluding carboxylic acids is 2. The Kier molecular flexibility index (Phi) is 4.43. The smallest absolute Gasteiger partial charge is 0.265 e. The van der Waals surface area contributed by atoms with Crippen molar-refractivity contribution < 1.29 is 14.3 Å². The maximum absolute atomic E-state index is 12.3. The first kappa shape index (κ1) is 15.7. The molecule has 2 amide bonds. The van der Waals surface area contributed by atoms with Gasteiger partial charge in [-0.1, -0.05) is 15.9 Å². The van der Waals surface area contributed by atoms with Gasteiger partial charge in [0.05, 0.1) is 7.11 Å². The second-order valence-electron chi connectivity index (χ2n) is 4.46. The molecule has 0 aromatic heterocycles. The molecule has 0 atom stereocenters. The number of likely N-dealkylation sites (N-methyl/N-ethyl adjacent to an activating group) is 2. The Morgan fingerprint density at radius 3 is 2.29 bits per heavy atom. The molecule has 0 unspecified atom stereocenters. The fraction of sp³-hybridized carbons (Fsp3) is 0.214. The number of amides is 2. The molecular weight excluding hydrogens is 356 g/mol. The van der Waals surface area contributed by atoms with E-state index in [9.17, 15) is 9.59 Å². The summed E-state index contributed by atoms with van der Waals surface area (Å²) in [5.41, 5.74) is 0.684. The molecule has 0 spiro atoms. The monoisotopic (exact) mass is 368 g/mol. The van der Waals surface area contributed by atoms with Crippen molar-refractivity contribution in [2.75, 3.05) is 21.2 Å². The third-order valence-electron chi connectivity index (χ3n) is 3.14. The fourth-order valence-electron chi connectivity index (χ4n) is 1.95. The molecule has 1 aliphatic rings. The highest BCUT2D eigenvalue weighted by molar-refractivity contribution is 9.10. The average Bonchev–Trinajstić information content (AvgIpc) is 2.48. The summed E-state index contributed by atoms with van der Waals surface area (Å²) in [6.45, 7) is 0. The molecule has 7 heteroatoms. The summed E-state index contributed by atoms with van der Waals surface area (Å²) >= 11 is 8.40. The first-order chi connectivity index (χ1) is 9.86. The Hall–Kier alpha value is -1.73. The van der Waals surface area contributed by atoms with Crippen LogP contribution in [-0.2, 0) is 9.59 Å². The van der Waals surface area contributed by atoms with Crippen LogP contribution in [-0.4, -0.2) is 47.9 Å². The molecule has 110 valence electrons. The third kappa shape index (κ3) is 2.84. The molecule has 1 fully saturated rings. The van der Waals surface area contributed by atoms with Gasteiger partial charge in [0.2, 0.25) is 0 Å². The molecule has 0 radical (unpaired) electrons. The molecule has 0 bridgehead atoms. The van der Waals surface area contributed by atoms with E-state index >= 15 is 0 Å². The zero-order valence-corrected chi connectivity index (χ0v) is 14.1. The van der Waals surface area contributed by atoms with E-state index in [4.69, 9.17) is 17.0 Å². The van der Waals surface area contributed by atoms with Crippen molar-refractivity contribution in [2.45, 2.75) is 0 Å². The van der Waals surface area contributed by atoms with Crippen molar-refractivity contribution in [1.82, 2.24) is 9.80 Å². The van der Waals surface area contributed by atoms with E-state index in [0.717, 1.165) is 4.47 Å². The molecule has 21 heavy (non-hydrogen) atoms. The zero-order valence-electron chi connectivity index (χ0n) is 11.7. The normalized spacial score (nSPS) is 15.6. The van der Waals surface area contributed by atoms with Crippen LogP contribution in [0, 0.1) is 0 Å². The standard InChI is InChI=1S/C14H13BrN2O3S/c1-16-12(18)10(13(19)17(2)14(16)21)7-8-6-9(15)4-5-11(8)20-3/h4-7H,1-3H3. The summed E-state index contributed by atoms with van der Waals surface area (Å²) < 4.78 is 6.07. The Balaban J connectivity index is 2.54. The Bertz CT molecular complexity index is 646. The van der Waals surface area contributed by atoms with Crippen LogP contribution in [0.5, 0.6) is 5.75 Å². The van der Waals surface area contributed by atoms with Gasteiger partial charge in [-0.05, 0) is 36.5 Å². The average molecular weight is 369 g/mol. The number of rotatable bonds is 2. The summed E-state index contributed by atoms with van der Waals surface area (Å²) in [5.74, 6) is -0.278. The first-order valence-corrected chi connectivity index (χ1v) is 7.22. The molecular formula is C14H13BrN2O3S. The van der Waals surface area contributed by atoms with Crippen molar-refractivity contribution in [1.29, 1.82) is 0 Å². The van der Waals surface area contributed by atoms with Gasteiger partial charge in [0.1, 0.15) is 11.3 Å². The molecule has 2 rings (SSSR count). The van der Waals surface area contributed by atoms with Gasteiger partial charge in [-0.15, -0.1) is 0 Å². The van der Waals surface area contributed by atoms with Crippen LogP contribution in [0.25, 0.3) is 6.08 Å². The highest BCUT2D eigenvalue weighted by atomic mass is 79.9.